The van der Waals surface area contributed by atoms with Gasteiger partial charge in [0, 0.05) is 6.07 Å². The normalized spacial score (nSPS) is 12.3. The Morgan fingerprint density at radius 2 is 2.04 bits per heavy atom. The summed E-state index contributed by atoms with van der Waals surface area (Å²) in [6, 6.07) is 10.0. The first kappa shape index (κ1) is 16.8. The van der Waals surface area contributed by atoms with Crippen molar-refractivity contribution >= 4 is 22.7 Å². The molecule has 1 aliphatic rings. The maximum absolute atomic E-state index is 12.1. The molecule has 0 spiro atoms. The summed E-state index contributed by atoms with van der Waals surface area (Å²) >= 11 is 0. The first-order valence-electron chi connectivity index (χ1n) is 8.27. The Balaban J connectivity index is 1.94. The number of carbonyl (C=O) groups is 1. The average Bonchev–Trinajstić information content (AvgIpc) is 3.25. The van der Waals surface area contributed by atoms with E-state index in [1.54, 1.807) is 23.6 Å². The van der Waals surface area contributed by atoms with E-state index in [4.69, 9.17) is 14.2 Å². The molecule has 0 atom stereocenters. The third-order valence-electron chi connectivity index (χ3n) is 4.18. The number of carbonyl (C=O) groups excluding carboxylic acids is 1. The van der Waals surface area contributed by atoms with Crippen LogP contribution in [0, 0.1) is 10.1 Å². The number of imidazole rings is 1. The lowest BCUT2D eigenvalue weighted by Crippen LogP contribution is -2.14. The molecule has 9 nitrogen and oxygen atoms in total. The molecule has 27 heavy (non-hydrogen) atoms. The molecule has 0 amide bonds. The van der Waals surface area contributed by atoms with Crippen LogP contribution in [0.3, 0.4) is 0 Å². The van der Waals surface area contributed by atoms with E-state index >= 15 is 0 Å². The second kappa shape index (κ2) is 6.60. The van der Waals surface area contributed by atoms with Crippen molar-refractivity contribution in [2.75, 3.05) is 13.4 Å². The van der Waals surface area contributed by atoms with Crippen molar-refractivity contribution < 1.29 is 23.9 Å². The minimum Gasteiger partial charge on any atom is -0.465 e. The summed E-state index contributed by atoms with van der Waals surface area (Å²) in [7, 11) is 0. The highest BCUT2D eigenvalue weighted by Crippen LogP contribution is 2.42. The summed E-state index contributed by atoms with van der Waals surface area (Å²) in [6.07, 6.45) is 0. The minimum atomic E-state index is -0.509. The van der Waals surface area contributed by atoms with Crippen molar-refractivity contribution in [3.63, 3.8) is 0 Å². The Kier molecular flexibility index (Phi) is 4.11. The number of nitro benzene ring substituents is 1. The molecule has 1 aromatic heterocycles. The van der Waals surface area contributed by atoms with Gasteiger partial charge in [0.1, 0.15) is 12.4 Å². The van der Waals surface area contributed by atoms with Crippen LogP contribution in [0.1, 0.15) is 6.92 Å². The lowest BCUT2D eigenvalue weighted by atomic mass is 10.1. The van der Waals surface area contributed by atoms with Gasteiger partial charge >= 0.3 is 5.97 Å². The summed E-state index contributed by atoms with van der Waals surface area (Å²) in [5, 5.41) is 11.6. The van der Waals surface area contributed by atoms with Gasteiger partial charge in [-0.3, -0.25) is 14.9 Å². The van der Waals surface area contributed by atoms with Gasteiger partial charge in [-0.15, -0.1) is 0 Å². The van der Waals surface area contributed by atoms with Crippen LogP contribution in [-0.2, 0) is 16.1 Å². The zero-order valence-electron chi connectivity index (χ0n) is 14.4. The highest BCUT2D eigenvalue weighted by Gasteiger charge is 2.28. The van der Waals surface area contributed by atoms with Gasteiger partial charge in [-0.2, -0.15) is 0 Å². The molecule has 1 aliphatic heterocycles. The van der Waals surface area contributed by atoms with E-state index in [0.29, 0.717) is 22.5 Å². The van der Waals surface area contributed by atoms with Gasteiger partial charge in [0.05, 0.1) is 34.2 Å². The first-order valence-corrected chi connectivity index (χ1v) is 8.27. The summed E-state index contributed by atoms with van der Waals surface area (Å²) in [6.45, 7) is 1.84. The van der Waals surface area contributed by atoms with E-state index in [2.05, 4.69) is 4.98 Å². The Labute approximate surface area is 153 Å². The first-order chi connectivity index (χ1) is 13.1. The number of ether oxygens (including phenoxy) is 3. The Morgan fingerprint density at radius 3 is 2.78 bits per heavy atom. The summed E-state index contributed by atoms with van der Waals surface area (Å²) < 4.78 is 17.2. The van der Waals surface area contributed by atoms with Crippen LogP contribution in [0.25, 0.3) is 22.4 Å². The summed E-state index contributed by atoms with van der Waals surface area (Å²) in [4.78, 5) is 27.7. The molecule has 0 radical (unpaired) electrons. The number of benzene rings is 2. The number of hydrogen-bond acceptors (Lipinski definition) is 7. The van der Waals surface area contributed by atoms with E-state index < -0.39 is 10.9 Å². The number of nitrogens with zero attached hydrogens (tertiary/aromatic N) is 3. The van der Waals surface area contributed by atoms with Crippen LogP contribution >= 0.6 is 0 Å². The number of hydrogen-bond donors (Lipinski definition) is 0. The standard InChI is InChI=1S/C18H15N3O6/c1-2-25-17(22)9-20-13-6-4-3-5-12(13)19-18(20)11-7-15-16(27-10-26-15)8-14(11)21(23)24/h3-8H,2,9-10H2,1H3. The maximum Gasteiger partial charge on any atom is 0.326 e. The van der Waals surface area contributed by atoms with Crippen LogP contribution in [0.5, 0.6) is 11.5 Å². The van der Waals surface area contributed by atoms with Gasteiger partial charge in [0.15, 0.2) is 11.5 Å². The number of nitro groups is 1. The van der Waals surface area contributed by atoms with Crippen LogP contribution in [0.2, 0.25) is 0 Å². The number of para-hydroxylation sites is 2. The van der Waals surface area contributed by atoms with Crippen molar-refractivity contribution in [1.29, 1.82) is 0 Å². The third-order valence-corrected chi connectivity index (χ3v) is 4.18. The molecular formula is C18H15N3O6. The highest BCUT2D eigenvalue weighted by atomic mass is 16.7. The lowest BCUT2D eigenvalue weighted by Gasteiger charge is -2.10. The zero-order chi connectivity index (χ0) is 19.0. The van der Waals surface area contributed by atoms with Gasteiger partial charge in [-0.25, -0.2) is 4.98 Å². The maximum atomic E-state index is 12.1. The Morgan fingerprint density at radius 1 is 1.30 bits per heavy atom. The number of rotatable bonds is 5. The fourth-order valence-corrected chi connectivity index (χ4v) is 3.04. The molecule has 0 bridgehead atoms. The molecule has 2 aromatic carbocycles. The Bertz CT molecular complexity index is 1060. The third kappa shape index (κ3) is 2.92. The Hall–Kier alpha value is -3.62. The molecule has 2 heterocycles. The second-order valence-corrected chi connectivity index (χ2v) is 5.80. The molecule has 0 N–H and O–H groups in total. The monoisotopic (exact) mass is 369 g/mol. The van der Waals surface area contributed by atoms with Crippen molar-refractivity contribution in [3.8, 4) is 22.9 Å². The van der Waals surface area contributed by atoms with Crippen LogP contribution in [0.4, 0.5) is 5.69 Å². The molecule has 0 aliphatic carbocycles. The van der Waals surface area contributed by atoms with E-state index in [1.807, 2.05) is 12.1 Å². The number of esters is 1. The number of aromatic nitrogens is 2. The smallest absolute Gasteiger partial charge is 0.326 e. The fraction of sp³-hybridized carbons (Fsp3) is 0.222. The molecule has 0 saturated carbocycles. The predicted molar refractivity (Wildman–Crippen MR) is 94.6 cm³/mol. The molecule has 4 rings (SSSR count). The molecule has 3 aromatic rings. The number of fused-ring (bicyclic) bond motifs is 2. The van der Waals surface area contributed by atoms with Crippen molar-refractivity contribution in [3.05, 3.63) is 46.5 Å². The molecule has 0 unspecified atom stereocenters. The van der Waals surface area contributed by atoms with Crippen LogP contribution in [-0.4, -0.2) is 33.8 Å². The van der Waals surface area contributed by atoms with E-state index in [9.17, 15) is 14.9 Å². The lowest BCUT2D eigenvalue weighted by molar-refractivity contribution is -0.384. The molecule has 0 fully saturated rings. The van der Waals surface area contributed by atoms with Crippen molar-refractivity contribution in [2.45, 2.75) is 13.5 Å². The molecule has 138 valence electrons. The summed E-state index contributed by atoms with van der Waals surface area (Å²) in [5.74, 6) is 0.531. The SMILES string of the molecule is CCOC(=O)Cn1c(-c2cc3c(cc2[N+](=O)[O-])OCO3)nc2ccccc21. The van der Waals surface area contributed by atoms with E-state index in [-0.39, 0.29) is 37.0 Å². The van der Waals surface area contributed by atoms with E-state index in [1.165, 1.54) is 12.1 Å². The van der Waals surface area contributed by atoms with E-state index in [0.717, 1.165) is 0 Å². The van der Waals surface area contributed by atoms with Gasteiger partial charge < -0.3 is 18.8 Å². The van der Waals surface area contributed by atoms with Crippen molar-refractivity contribution in [2.24, 2.45) is 0 Å². The van der Waals surface area contributed by atoms with Crippen LogP contribution in [0.15, 0.2) is 36.4 Å². The molecule has 9 heteroatoms. The fourth-order valence-electron chi connectivity index (χ4n) is 3.04. The van der Waals surface area contributed by atoms with Gasteiger partial charge in [0.25, 0.3) is 5.69 Å². The van der Waals surface area contributed by atoms with Crippen molar-refractivity contribution in [1.82, 2.24) is 9.55 Å². The topological polar surface area (TPSA) is 106 Å². The quantitative estimate of drug-likeness (QED) is 0.387. The molecular weight excluding hydrogens is 354 g/mol. The highest BCUT2D eigenvalue weighted by molar-refractivity contribution is 5.85. The van der Waals surface area contributed by atoms with Crippen LogP contribution < -0.4 is 9.47 Å². The van der Waals surface area contributed by atoms with Gasteiger partial charge in [-0.1, -0.05) is 12.1 Å². The predicted octanol–water partition coefficient (Wildman–Crippen LogP) is 2.90. The molecule has 0 saturated heterocycles. The minimum absolute atomic E-state index is 0.00478. The largest absolute Gasteiger partial charge is 0.465 e. The van der Waals surface area contributed by atoms with Gasteiger partial charge in [-0.05, 0) is 19.1 Å². The average molecular weight is 369 g/mol. The van der Waals surface area contributed by atoms with Gasteiger partial charge in [0.2, 0.25) is 6.79 Å². The zero-order valence-corrected chi connectivity index (χ0v) is 14.4. The second-order valence-electron chi connectivity index (χ2n) is 5.80. The summed E-state index contributed by atoms with van der Waals surface area (Å²) in [5.41, 5.74) is 1.35.